The third kappa shape index (κ3) is 4.01. The van der Waals surface area contributed by atoms with Gasteiger partial charge in [-0.2, -0.15) is 13.2 Å². The predicted molar refractivity (Wildman–Crippen MR) is 79.7 cm³/mol. The van der Waals surface area contributed by atoms with Crippen LogP contribution in [0, 0.1) is 13.8 Å². The molecule has 0 radical (unpaired) electrons. The Balaban J connectivity index is 2.24. The molecule has 1 atom stereocenters. The lowest BCUT2D eigenvalue weighted by molar-refractivity contribution is -0.137. The van der Waals surface area contributed by atoms with Crippen LogP contribution in [-0.4, -0.2) is 0 Å². The molecule has 0 aliphatic carbocycles. The van der Waals surface area contributed by atoms with Crippen LogP contribution in [0.15, 0.2) is 42.5 Å². The first-order valence-electron chi connectivity index (χ1n) is 6.65. The normalized spacial score (nSPS) is 13.2. The van der Waals surface area contributed by atoms with Crippen molar-refractivity contribution in [1.82, 2.24) is 0 Å². The van der Waals surface area contributed by atoms with Gasteiger partial charge in [-0.15, -0.1) is 11.6 Å². The third-order valence-corrected chi connectivity index (χ3v) is 3.89. The second-order valence-corrected chi connectivity index (χ2v) is 5.75. The second-order valence-electron chi connectivity index (χ2n) is 5.22. The molecule has 0 aliphatic heterocycles. The molecule has 0 N–H and O–H groups in total. The monoisotopic (exact) mass is 312 g/mol. The molecule has 0 fully saturated rings. The Morgan fingerprint density at radius 1 is 1.05 bits per heavy atom. The smallest absolute Gasteiger partial charge is 0.166 e. The van der Waals surface area contributed by atoms with E-state index in [4.69, 9.17) is 11.6 Å². The van der Waals surface area contributed by atoms with Gasteiger partial charge >= 0.3 is 6.18 Å². The maximum Gasteiger partial charge on any atom is 0.416 e. The van der Waals surface area contributed by atoms with Crippen LogP contribution >= 0.6 is 11.6 Å². The van der Waals surface area contributed by atoms with Crippen molar-refractivity contribution in [3.05, 3.63) is 70.3 Å². The van der Waals surface area contributed by atoms with Crippen molar-refractivity contribution in [3.8, 4) is 0 Å². The van der Waals surface area contributed by atoms with Crippen molar-refractivity contribution >= 4 is 11.6 Å². The fraction of sp³-hybridized carbons (Fsp3) is 0.294. The van der Waals surface area contributed by atoms with E-state index in [2.05, 4.69) is 0 Å². The van der Waals surface area contributed by atoms with Gasteiger partial charge in [0, 0.05) is 0 Å². The van der Waals surface area contributed by atoms with Crippen molar-refractivity contribution in [2.75, 3.05) is 0 Å². The Bertz CT molecular complexity index is 632. The Hall–Kier alpha value is -1.48. The van der Waals surface area contributed by atoms with Crippen LogP contribution in [0.1, 0.15) is 33.2 Å². The van der Waals surface area contributed by atoms with Gasteiger partial charge in [0.05, 0.1) is 10.9 Å². The van der Waals surface area contributed by atoms with Gasteiger partial charge < -0.3 is 0 Å². The lowest BCUT2D eigenvalue weighted by atomic mass is 9.97. The van der Waals surface area contributed by atoms with E-state index in [-0.39, 0.29) is 0 Å². The van der Waals surface area contributed by atoms with E-state index in [0.717, 1.165) is 28.8 Å². The maximum atomic E-state index is 12.7. The molecule has 21 heavy (non-hydrogen) atoms. The fourth-order valence-corrected chi connectivity index (χ4v) is 2.54. The summed E-state index contributed by atoms with van der Waals surface area (Å²) in [7, 11) is 0. The average molecular weight is 313 g/mol. The summed E-state index contributed by atoms with van der Waals surface area (Å²) in [5.74, 6) is 0. The van der Waals surface area contributed by atoms with Gasteiger partial charge in [-0.05, 0) is 43.0 Å². The van der Waals surface area contributed by atoms with E-state index in [1.165, 1.54) is 6.07 Å². The number of hydrogen-bond acceptors (Lipinski definition) is 0. The highest BCUT2D eigenvalue weighted by atomic mass is 35.5. The minimum absolute atomic E-state index is 0.479. The van der Waals surface area contributed by atoms with Crippen molar-refractivity contribution in [2.45, 2.75) is 31.8 Å². The molecular formula is C17H16ClF3. The number of rotatable bonds is 3. The summed E-state index contributed by atoms with van der Waals surface area (Å²) in [4.78, 5) is 0. The summed E-state index contributed by atoms with van der Waals surface area (Å²) in [6.45, 7) is 3.96. The number of aryl methyl sites for hydroxylation is 2. The summed E-state index contributed by atoms with van der Waals surface area (Å²) in [5, 5.41) is -0.479. The molecule has 4 heteroatoms. The average Bonchev–Trinajstić information content (AvgIpc) is 2.42. The molecule has 0 aromatic heterocycles. The van der Waals surface area contributed by atoms with Crippen LogP contribution in [0.5, 0.6) is 0 Å². The zero-order chi connectivity index (χ0) is 15.6. The van der Waals surface area contributed by atoms with E-state index in [1.807, 2.05) is 32.0 Å². The number of benzene rings is 2. The molecule has 0 nitrogen and oxygen atoms in total. The summed E-state index contributed by atoms with van der Waals surface area (Å²) in [6.07, 6.45) is -3.83. The van der Waals surface area contributed by atoms with E-state index >= 15 is 0 Å². The fourth-order valence-electron chi connectivity index (χ4n) is 2.24. The Kier molecular flexibility index (Phi) is 4.62. The van der Waals surface area contributed by atoms with Gasteiger partial charge in [0.25, 0.3) is 0 Å². The van der Waals surface area contributed by atoms with Gasteiger partial charge in [-0.3, -0.25) is 0 Å². The molecular weight excluding hydrogens is 297 g/mol. The quantitative estimate of drug-likeness (QED) is 0.624. The lowest BCUT2D eigenvalue weighted by Crippen LogP contribution is -2.06. The standard InChI is InChI=1S/C17H16ClF3/c1-11-6-7-12(2)14(8-11)10-16(18)13-4-3-5-15(9-13)17(19,20)21/h3-9,16H,10H2,1-2H3. The molecule has 0 amide bonds. The van der Waals surface area contributed by atoms with Gasteiger partial charge in [0.1, 0.15) is 0 Å². The van der Waals surface area contributed by atoms with Gasteiger partial charge in [0.2, 0.25) is 0 Å². The van der Waals surface area contributed by atoms with E-state index in [1.54, 1.807) is 6.07 Å². The molecule has 0 saturated carbocycles. The number of hydrogen-bond donors (Lipinski definition) is 0. The third-order valence-electron chi connectivity index (χ3n) is 3.48. The SMILES string of the molecule is Cc1ccc(C)c(CC(Cl)c2cccc(C(F)(F)F)c2)c1. The first-order valence-corrected chi connectivity index (χ1v) is 7.08. The Morgan fingerprint density at radius 3 is 2.43 bits per heavy atom. The summed E-state index contributed by atoms with van der Waals surface area (Å²) in [5.41, 5.74) is 3.10. The summed E-state index contributed by atoms with van der Waals surface area (Å²) >= 11 is 6.32. The van der Waals surface area contributed by atoms with Crippen LogP contribution in [-0.2, 0) is 12.6 Å². The van der Waals surface area contributed by atoms with Gasteiger partial charge in [-0.25, -0.2) is 0 Å². The van der Waals surface area contributed by atoms with E-state index < -0.39 is 17.1 Å². The highest BCUT2D eigenvalue weighted by Gasteiger charge is 2.30. The molecule has 0 spiro atoms. The lowest BCUT2D eigenvalue weighted by Gasteiger charge is -2.15. The van der Waals surface area contributed by atoms with Crippen LogP contribution in [0.4, 0.5) is 13.2 Å². The molecule has 0 heterocycles. The van der Waals surface area contributed by atoms with Crippen molar-refractivity contribution < 1.29 is 13.2 Å². The zero-order valence-corrected chi connectivity index (χ0v) is 12.6. The molecule has 2 rings (SSSR count). The molecule has 1 unspecified atom stereocenters. The molecule has 0 aliphatic rings. The van der Waals surface area contributed by atoms with Crippen LogP contribution in [0.2, 0.25) is 0 Å². The molecule has 0 saturated heterocycles. The Labute approximate surface area is 127 Å². The van der Waals surface area contributed by atoms with Crippen LogP contribution < -0.4 is 0 Å². The largest absolute Gasteiger partial charge is 0.416 e. The summed E-state index contributed by atoms with van der Waals surface area (Å²) in [6, 6.07) is 11.3. The Morgan fingerprint density at radius 2 is 1.76 bits per heavy atom. The van der Waals surface area contributed by atoms with Crippen molar-refractivity contribution in [2.24, 2.45) is 0 Å². The zero-order valence-electron chi connectivity index (χ0n) is 11.8. The molecule has 112 valence electrons. The summed E-state index contributed by atoms with van der Waals surface area (Å²) < 4.78 is 38.2. The first-order chi connectivity index (χ1) is 9.77. The highest BCUT2D eigenvalue weighted by molar-refractivity contribution is 6.20. The first kappa shape index (κ1) is 15.9. The molecule has 2 aromatic rings. The van der Waals surface area contributed by atoms with Crippen molar-refractivity contribution in [3.63, 3.8) is 0 Å². The highest BCUT2D eigenvalue weighted by Crippen LogP contribution is 2.33. The van der Waals surface area contributed by atoms with Gasteiger partial charge in [0.15, 0.2) is 0 Å². The minimum atomic E-state index is -4.34. The van der Waals surface area contributed by atoms with E-state index in [0.29, 0.717) is 12.0 Å². The minimum Gasteiger partial charge on any atom is -0.166 e. The van der Waals surface area contributed by atoms with Crippen LogP contribution in [0.25, 0.3) is 0 Å². The van der Waals surface area contributed by atoms with Gasteiger partial charge in [-0.1, -0.05) is 42.0 Å². The van der Waals surface area contributed by atoms with Crippen LogP contribution in [0.3, 0.4) is 0 Å². The number of alkyl halides is 4. The predicted octanol–water partition coefficient (Wildman–Crippen LogP) is 5.84. The topological polar surface area (TPSA) is 0 Å². The molecule has 0 bridgehead atoms. The van der Waals surface area contributed by atoms with E-state index in [9.17, 15) is 13.2 Å². The molecule has 2 aromatic carbocycles. The van der Waals surface area contributed by atoms with Crippen molar-refractivity contribution in [1.29, 1.82) is 0 Å². The number of halogens is 4. The second kappa shape index (κ2) is 6.10. The maximum absolute atomic E-state index is 12.7.